The van der Waals surface area contributed by atoms with Gasteiger partial charge < -0.3 is 10.6 Å². The van der Waals surface area contributed by atoms with Crippen molar-refractivity contribution in [2.75, 3.05) is 25.0 Å². The lowest BCUT2D eigenvalue weighted by Crippen LogP contribution is -2.30. The van der Waals surface area contributed by atoms with Gasteiger partial charge >= 0.3 is 0 Å². The molecule has 32 heavy (non-hydrogen) atoms. The summed E-state index contributed by atoms with van der Waals surface area (Å²) in [4.78, 5) is 26.9. The molecule has 1 fully saturated rings. The zero-order valence-electron chi connectivity index (χ0n) is 17.9. The van der Waals surface area contributed by atoms with Gasteiger partial charge in [-0.25, -0.2) is 0 Å². The normalized spacial score (nSPS) is 16.1. The van der Waals surface area contributed by atoms with Crippen LogP contribution in [-0.4, -0.2) is 36.3 Å². The molecule has 4 rings (SSSR count). The van der Waals surface area contributed by atoms with E-state index in [0.717, 1.165) is 42.9 Å². The van der Waals surface area contributed by atoms with E-state index in [4.69, 9.17) is 11.6 Å². The zero-order valence-corrected chi connectivity index (χ0v) is 19.5. The first-order valence-corrected chi connectivity index (χ1v) is 11.9. The van der Waals surface area contributed by atoms with Crippen molar-refractivity contribution in [1.29, 1.82) is 0 Å². The Kier molecular flexibility index (Phi) is 7.25. The van der Waals surface area contributed by atoms with Crippen molar-refractivity contribution in [1.82, 2.24) is 10.2 Å². The van der Waals surface area contributed by atoms with Crippen LogP contribution in [0.5, 0.6) is 0 Å². The Balaban J connectivity index is 1.25. The molecule has 7 heteroatoms. The Bertz CT molecular complexity index is 1100. The van der Waals surface area contributed by atoms with Crippen molar-refractivity contribution in [2.45, 2.75) is 19.9 Å². The minimum atomic E-state index is -0.0644. The quantitative estimate of drug-likeness (QED) is 0.497. The fourth-order valence-electron chi connectivity index (χ4n) is 3.98. The van der Waals surface area contributed by atoms with Crippen LogP contribution in [-0.2, 0) is 11.3 Å². The smallest absolute Gasteiger partial charge is 0.261 e. The van der Waals surface area contributed by atoms with E-state index in [0.29, 0.717) is 22.4 Å². The number of benzene rings is 2. The monoisotopic (exact) mass is 467 g/mol. The van der Waals surface area contributed by atoms with Crippen LogP contribution in [0, 0.1) is 5.92 Å². The molecule has 1 aromatic heterocycles. The summed E-state index contributed by atoms with van der Waals surface area (Å²) in [5.74, 6) is 0.366. The summed E-state index contributed by atoms with van der Waals surface area (Å²) >= 11 is 7.54. The summed E-state index contributed by atoms with van der Waals surface area (Å²) in [5, 5.41) is 8.58. The van der Waals surface area contributed by atoms with E-state index < -0.39 is 0 Å². The van der Waals surface area contributed by atoms with E-state index in [1.54, 1.807) is 0 Å². The third-order valence-corrected chi connectivity index (χ3v) is 6.75. The molecule has 2 aromatic carbocycles. The van der Waals surface area contributed by atoms with Crippen LogP contribution < -0.4 is 10.6 Å². The molecule has 1 unspecified atom stereocenters. The van der Waals surface area contributed by atoms with Crippen LogP contribution in [0.1, 0.15) is 28.6 Å². The molecule has 0 bridgehead atoms. The van der Waals surface area contributed by atoms with Crippen molar-refractivity contribution >= 4 is 40.4 Å². The van der Waals surface area contributed by atoms with Crippen LogP contribution >= 0.6 is 22.9 Å². The predicted molar refractivity (Wildman–Crippen MR) is 131 cm³/mol. The lowest BCUT2D eigenvalue weighted by atomic mass is 10.1. The number of rotatable bonds is 7. The summed E-state index contributed by atoms with van der Waals surface area (Å²) in [6.07, 6.45) is 1.07. The number of nitrogens with zero attached hydrogens (tertiary/aromatic N) is 1. The van der Waals surface area contributed by atoms with Gasteiger partial charge in [-0.3, -0.25) is 14.5 Å². The average molecular weight is 468 g/mol. The number of hydrogen-bond acceptors (Lipinski definition) is 4. The molecule has 0 radical (unpaired) electrons. The molecular formula is C25H26ClN3O2S. The molecule has 1 atom stereocenters. The SMILES string of the molecule is CC(=O)Nc1ccc(CN2CCC(CNC(=O)c3cc(-c4cccc(Cl)c4)cs3)C2)cc1. The first-order valence-electron chi connectivity index (χ1n) is 10.7. The van der Waals surface area contributed by atoms with Gasteiger partial charge in [-0.2, -0.15) is 0 Å². The van der Waals surface area contributed by atoms with E-state index in [1.807, 2.05) is 47.8 Å². The number of likely N-dealkylation sites (tertiary alicyclic amines) is 1. The summed E-state index contributed by atoms with van der Waals surface area (Å²) in [6.45, 7) is 5.05. The zero-order chi connectivity index (χ0) is 22.5. The third-order valence-electron chi connectivity index (χ3n) is 5.58. The van der Waals surface area contributed by atoms with Crippen molar-refractivity contribution in [3.63, 3.8) is 0 Å². The maximum atomic E-state index is 12.6. The summed E-state index contributed by atoms with van der Waals surface area (Å²) in [6, 6.07) is 17.6. The lowest BCUT2D eigenvalue weighted by Gasteiger charge is -2.16. The summed E-state index contributed by atoms with van der Waals surface area (Å²) in [5.41, 5.74) is 4.06. The first-order chi connectivity index (χ1) is 15.5. The highest BCUT2D eigenvalue weighted by Crippen LogP contribution is 2.27. The van der Waals surface area contributed by atoms with Crippen molar-refractivity contribution in [2.24, 2.45) is 5.92 Å². The first kappa shape index (κ1) is 22.5. The van der Waals surface area contributed by atoms with Gasteiger partial charge in [0.2, 0.25) is 5.91 Å². The van der Waals surface area contributed by atoms with Crippen LogP contribution in [0.25, 0.3) is 11.1 Å². The number of anilines is 1. The van der Waals surface area contributed by atoms with Gasteiger partial charge in [-0.15, -0.1) is 11.3 Å². The highest BCUT2D eigenvalue weighted by molar-refractivity contribution is 7.12. The van der Waals surface area contributed by atoms with Gasteiger partial charge in [-0.1, -0.05) is 35.9 Å². The highest BCUT2D eigenvalue weighted by atomic mass is 35.5. The fraction of sp³-hybridized carbons (Fsp3) is 0.280. The molecule has 2 amide bonds. The van der Waals surface area contributed by atoms with Gasteiger partial charge in [0.05, 0.1) is 4.88 Å². The van der Waals surface area contributed by atoms with Gasteiger partial charge in [-0.05, 0) is 71.3 Å². The van der Waals surface area contributed by atoms with Gasteiger partial charge in [0, 0.05) is 37.3 Å². The molecule has 2 heterocycles. The molecule has 166 valence electrons. The fourth-order valence-corrected chi connectivity index (χ4v) is 5.00. The van der Waals surface area contributed by atoms with Crippen LogP contribution in [0.4, 0.5) is 5.69 Å². The summed E-state index contributed by atoms with van der Waals surface area (Å²) < 4.78 is 0. The largest absolute Gasteiger partial charge is 0.351 e. The second-order valence-electron chi connectivity index (χ2n) is 8.19. The van der Waals surface area contributed by atoms with E-state index >= 15 is 0 Å². The Morgan fingerprint density at radius 1 is 1.12 bits per heavy atom. The maximum Gasteiger partial charge on any atom is 0.261 e. The van der Waals surface area contributed by atoms with E-state index in [9.17, 15) is 9.59 Å². The van der Waals surface area contributed by atoms with E-state index in [1.165, 1.54) is 23.8 Å². The van der Waals surface area contributed by atoms with Crippen LogP contribution in [0.15, 0.2) is 60.0 Å². The molecule has 0 aliphatic carbocycles. The second-order valence-corrected chi connectivity index (χ2v) is 9.54. The van der Waals surface area contributed by atoms with E-state index in [2.05, 4.69) is 27.7 Å². The Hall–Kier alpha value is -2.67. The van der Waals surface area contributed by atoms with Crippen LogP contribution in [0.3, 0.4) is 0 Å². The number of halogens is 1. The molecule has 1 aliphatic rings. The minimum Gasteiger partial charge on any atom is -0.351 e. The van der Waals surface area contributed by atoms with Crippen molar-refractivity contribution in [3.8, 4) is 11.1 Å². The predicted octanol–water partition coefficient (Wildman–Crippen LogP) is 5.28. The number of hydrogen-bond donors (Lipinski definition) is 2. The standard InChI is InChI=1S/C25H26ClN3O2S/c1-17(30)28-23-7-5-18(6-8-23)14-29-10-9-19(15-29)13-27-25(31)24-12-21(16-32-24)20-3-2-4-22(26)11-20/h2-8,11-12,16,19H,9-10,13-15H2,1H3,(H,27,31)(H,28,30). The minimum absolute atomic E-state index is 0.0183. The molecule has 5 nitrogen and oxygen atoms in total. The van der Waals surface area contributed by atoms with E-state index in [-0.39, 0.29) is 11.8 Å². The van der Waals surface area contributed by atoms with Gasteiger partial charge in [0.15, 0.2) is 0 Å². The lowest BCUT2D eigenvalue weighted by molar-refractivity contribution is -0.114. The number of carbonyl (C=O) groups excluding carboxylic acids is 2. The second kappa shape index (κ2) is 10.3. The van der Waals surface area contributed by atoms with Gasteiger partial charge in [0.25, 0.3) is 5.91 Å². The van der Waals surface area contributed by atoms with Gasteiger partial charge in [0.1, 0.15) is 0 Å². The molecule has 0 saturated carbocycles. The topological polar surface area (TPSA) is 61.4 Å². The molecule has 0 spiro atoms. The molecular weight excluding hydrogens is 442 g/mol. The molecule has 1 aliphatic heterocycles. The number of amides is 2. The van der Waals surface area contributed by atoms with Crippen molar-refractivity contribution < 1.29 is 9.59 Å². The Morgan fingerprint density at radius 3 is 2.69 bits per heavy atom. The number of carbonyl (C=O) groups is 2. The van der Waals surface area contributed by atoms with Crippen molar-refractivity contribution in [3.05, 3.63) is 75.4 Å². The Labute approximate surface area is 197 Å². The summed E-state index contributed by atoms with van der Waals surface area (Å²) in [7, 11) is 0. The molecule has 3 aromatic rings. The third kappa shape index (κ3) is 5.97. The Morgan fingerprint density at radius 2 is 1.94 bits per heavy atom. The molecule has 2 N–H and O–H groups in total. The number of nitrogens with one attached hydrogen (secondary N) is 2. The maximum absolute atomic E-state index is 12.6. The number of thiophene rings is 1. The molecule has 1 saturated heterocycles. The van der Waals surface area contributed by atoms with Crippen LogP contribution in [0.2, 0.25) is 5.02 Å². The average Bonchev–Trinajstić information content (AvgIpc) is 3.43. The highest BCUT2D eigenvalue weighted by Gasteiger charge is 2.23.